The number of alkyl halides is 3. The van der Waals surface area contributed by atoms with E-state index in [1.807, 2.05) is 19.1 Å². The van der Waals surface area contributed by atoms with E-state index in [0.717, 1.165) is 11.8 Å². The molecule has 0 N–H and O–H groups in total. The van der Waals surface area contributed by atoms with Gasteiger partial charge in [-0.25, -0.2) is 3.63 Å². The zero-order chi connectivity index (χ0) is 19.7. The van der Waals surface area contributed by atoms with Crippen LogP contribution in [0.5, 0.6) is 5.75 Å². The summed E-state index contributed by atoms with van der Waals surface area (Å²) in [5.41, 5.74) is -5.43. The largest absolute Gasteiger partial charge is 0.523 e. The molecule has 1 fully saturated rings. The summed E-state index contributed by atoms with van der Waals surface area (Å²) < 4.78 is 73.1. The molecule has 9 heteroatoms. The third-order valence-corrected chi connectivity index (χ3v) is 9.77. The molecule has 2 aromatic carbocycles. The first-order valence-corrected chi connectivity index (χ1v) is 12.0. The molecule has 0 atom stereocenters. The maximum absolute atomic E-state index is 13.0. The molecule has 1 aliphatic heterocycles. The van der Waals surface area contributed by atoms with Gasteiger partial charge in [0.05, 0.1) is 6.61 Å². The molecular formula is C18H21F3O4S2. The summed E-state index contributed by atoms with van der Waals surface area (Å²) in [5.74, 6) is 1.19. The molecule has 4 nitrogen and oxygen atoms in total. The van der Waals surface area contributed by atoms with Crippen LogP contribution >= 0.6 is 10.3 Å². The van der Waals surface area contributed by atoms with E-state index in [1.165, 1.54) is 0 Å². The van der Waals surface area contributed by atoms with E-state index in [4.69, 9.17) is 8.37 Å². The molecule has 3 rings (SSSR count). The maximum atomic E-state index is 13.0. The Hall–Kier alpha value is -1.45. The summed E-state index contributed by atoms with van der Waals surface area (Å²) in [6.45, 7) is 2.49. The van der Waals surface area contributed by atoms with Crippen LogP contribution in [0.3, 0.4) is 0 Å². The molecule has 1 saturated heterocycles. The van der Waals surface area contributed by atoms with Crippen molar-refractivity contribution in [2.75, 3.05) is 18.1 Å². The average Bonchev–Trinajstić information content (AvgIpc) is 3.07. The van der Waals surface area contributed by atoms with Gasteiger partial charge in [-0.05, 0) is 48.2 Å². The smallest absolute Gasteiger partial charge is 0.494 e. The second kappa shape index (κ2) is 7.52. The summed E-state index contributed by atoms with van der Waals surface area (Å²) in [4.78, 5) is 0.535. The van der Waals surface area contributed by atoms with Gasteiger partial charge in [-0.3, -0.25) is 0 Å². The van der Waals surface area contributed by atoms with Crippen LogP contribution in [-0.2, 0) is 13.7 Å². The Morgan fingerprint density at radius 1 is 1.11 bits per heavy atom. The summed E-state index contributed by atoms with van der Waals surface area (Å²) in [7, 11) is -8.28. The van der Waals surface area contributed by atoms with Crippen LogP contribution in [0.1, 0.15) is 26.2 Å². The number of ether oxygens (including phenoxy) is 1. The van der Waals surface area contributed by atoms with Gasteiger partial charge in [-0.15, -0.1) is 0 Å². The number of rotatable bonds is 6. The molecule has 0 aromatic heterocycles. The normalized spacial score (nSPS) is 18.5. The van der Waals surface area contributed by atoms with Crippen molar-refractivity contribution in [2.45, 2.75) is 36.6 Å². The van der Waals surface area contributed by atoms with Gasteiger partial charge < -0.3 is 4.74 Å². The van der Waals surface area contributed by atoms with Crippen molar-refractivity contribution in [3.05, 3.63) is 36.4 Å². The Balaban J connectivity index is 2.12. The fourth-order valence-corrected chi connectivity index (χ4v) is 8.57. The van der Waals surface area contributed by atoms with Crippen LogP contribution in [0.2, 0.25) is 0 Å². The maximum Gasteiger partial charge on any atom is 0.523 e. The van der Waals surface area contributed by atoms with Crippen LogP contribution in [0, 0.1) is 0 Å². The zero-order valence-electron chi connectivity index (χ0n) is 14.8. The van der Waals surface area contributed by atoms with Crippen molar-refractivity contribution in [3.63, 3.8) is 0 Å². The molecule has 0 saturated carbocycles. The number of fused-ring (bicyclic) bond motifs is 1. The molecule has 2 aromatic rings. The molecule has 1 heterocycles. The van der Waals surface area contributed by atoms with E-state index in [2.05, 4.69) is 0 Å². The molecule has 0 amide bonds. The van der Waals surface area contributed by atoms with E-state index in [-0.39, 0.29) is 0 Å². The lowest BCUT2D eigenvalue weighted by Crippen LogP contribution is -2.27. The van der Waals surface area contributed by atoms with Crippen LogP contribution in [0.25, 0.3) is 10.8 Å². The Morgan fingerprint density at radius 3 is 2.44 bits per heavy atom. The molecule has 150 valence electrons. The lowest BCUT2D eigenvalue weighted by atomic mass is 10.1. The van der Waals surface area contributed by atoms with Gasteiger partial charge in [-0.2, -0.15) is 21.6 Å². The molecule has 1 aliphatic rings. The highest BCUT2D eigenvalue weighted by Crippen LogP contribution is 2.65. The third-order valence-electron chi connectivity index (χ3n) is 4.39. The first-order valence-electron chi connectivity index (χ1n) is 8.65. The van der Waals surface area contributed by atoms with Gasteiger partial charge in [0.15, 0.2) is 0 Å². The minimum Gasteiger partial charge on any atom is -0.494 e. The SMILES string of the molecule is CCCOc1ccc2cccc(S3(OS(=O)(=O)C(F)(F)F)CCCC3)c2c1. The topological polar surface area (TPSA) is 52.6 Å². The average molecular weight is 422 g/mol. The Morgan fingerprint density at radius 2 is 1.81 bits per heavy atom. The van der Waals surface area contributed by atoms with Crippen molar-refractivity contribution in [1.29, 1.82) is 0 Å². The third kappa shape index (κ3) is 4.05. The molecule has 0 aliphatic carbocycles. The van der Waals surface area contributed by atoms with Crippen molar-refractivity contribution < 1.29 is 30.0 Å². The van der Waals surface area contributed by atoms with Crippen molar-refractivity contribution in [2.24, 2.45) is 0 Å². The van der Waals surface area contributed by atoms with Gasteiger partial charge in [0.25, 0.3) is 0 Å². The number of hydrogen-bond acceptors (Lipinski definition) is 4. The highest BCUT2D eigenvalue weighted by Gasteiger charge is 2.52. The fourth-order valence-electron chi connectivity index (χ4n) is 3.16. The van der Waals surface area contributed by atoms with Gasteiger partial charge in [0, 0.05) is 16.4 Å². The second-order valence-corrected chi connectivity index (χ2v) is 11.2. The summed E-state index contributed by atoms with van der Waals surface area (Å²) >= 11 is 0. The summed E-state index contributed by atoms with van der Waals surface area (Å²) in [6, 6.07) is 10.6. The predicted molar refractivity (Wildman–Crippen MR) is 101 cm³/mol. The molecule has 0 bridgehead atoms. The number of benzene rings is 2. The van der Waals surface area contributed by atoms with E-state index < -0.39 is 25.9 Å². The highest BCUT2D eigenvalue weighted by atomic mass is 32.3. The number of hydrogen-bond donors (Lipinski definition) is 0. The summed E-state index contributed by atoms with van der Waals surface area (Å²) in [6.07, 6.45) is 2.08. The van der Waals surface area contributed by atoms with Crippen LogP contribution in [-0.4, -0.2) is 32.0 Å². The van der Waals surface area contributed by atoms with Gasteiger partial charge in [-0.1, -0.05) is 35.4 Å². The molecule has 0 radical (unpaired) electrons. The van der Waals surface area contributed by atoms with Crippen molar-refractivity contribution >= 4 is 31.2 Å². The first kappa shape index (κ1) is 20.3. The zero-order valence-corrected chi connectivity index (χ0v) is 16.4. The molecule has 0 spiro atoms. The van der Waals surface area contributed by atoms with E-state index in [1.54, 1.807) is 24.3 Å². The minimum atomic E-state index is -5.67. The van der Waals surface area contributed by atoms with E-state index >= 15 is 0 Å². The summed E-state index contributed by atoms with van der Waals surface area (Å²) in [5, 5.41) is 1.49. The van der Waals surface area contributed by atoms with Gasteiger partial charge in [0.2, 0.25) is 0 Å². The van der Waals surface area contributed by atoms with Crippen LogP contribution < -0.4 is 4.74 Å². The van der Waals surface area contributed by atoms with E-state index in [9.17, 15) is 21.6 Å². The standard InChI is InChI=1S/C18H21F3O4S2/c1-2-10-24-15-9-8-14-6-5-7-17(16(14)13-15)26(11-3-4-12-26)25-27(22,23)18(19,20)21/h5-9,13H,2-4,10-12H2,1H3. The van der Waals surface area contributed by atoms with Crippen molar-refractivity contribution in [1.82, 2.24) is 0 Å². The monoisotopic (exact) mass is 422 g/mol. The Bertz CT molecular complexity index is 920. The minimum absolute atomic E-state index is 0.293. The van der Waals surface area contributed by atoms with E-state index in [0.29, 0.717) is 47.0 Å². The van der Waals surface area contributed by atoms with Gasteiger partial charge in [0.1, 0.15) is 5.75 Å². The first-order chi connectivity index (χ1) is 12.7. The number of halogens is 3. The quantitative estimate of drug-likeness (QED) is 0.588. The Kier molecular flexibility index (Phi) is 5.65. The van der Waals surface area contributed by atoms with Crippen LogP contribution in [0.4, 0.5) is 13.2 Å². The lowest BCUT2D eigenvalue weighted by Gasteiger charge is -2.35. The molecule has 27 heavy (non-hydrogen) atoms. The van der Waals surface area contributed by atoms with Crippen molar-refractivity contribution in [3.8, 4) is 5.75 Å². The fraction of sp³-hybridized carbons (Fsp3) is 0.444. The molecule has 0 unspecified atom stereocenters. The van der Waals surface area contributed by atoms with Crippen LogP contribution in [0.15, 0.2) is 41.3 Å². The second-order valence-electron chi connectivity index (χ2n) is 6.38. The highest BCUT2D eigenvalue weighted by molar-refractivity contribution is 8.33. The predicted octanol–water partition coefficient (Wildman–Crippen LogP) is 5.37. The lowest BCUT2D eigenvalue weighted by molar-refractivity contribution is -0.0496. The van der Waals surface area contributed by atoms with Gasteiger partial charge >= 0.3 is 15.6 Å². The molecular weight excluding hydrogens is 401 g/mol. The Labute approximate surface area is 158 Å².